The summed E-state index contributed by atoms with van der Waals surface area (Å²) in [6.07, 6.45) is 0. The number of thiophene rings is 1. The van der Waals surface area contributed by atoms with Crippen LogP contribution >= 0.6 is 11.3 Å². The summed E-state index contributed by atoms with van der Waals surface area (Å²) in [5.41, 5.74) is 9.93. The maximum Gasteiger partial charge on any atom is 0.164 e. The van der Waals surface area contributed by atoms with Crippen molar-refractivity contribution in [2.45, 2.75) is 0 Å². The Morgan fingerprint density at radius 3 is 1.64 bits per heavy atom. The van der Waals surface area contributed by atoms with Crippen LogP contribution in [0.4, 0.5) is 0 Å². The van der Waals surface area contributed by atoms with Gasteiger partial charge in [-0.3, -0.25) is 0 Å². The molecule has 3 nitrogen and oxygen atoms in total. The number of fused-ring (bicyclic) bond motifs is 4. The van der Waals surface area contributed by atoms with Gasteiger partial charge in [0.05, 0.1) is 0 Å². The second-order valence-electron chi connectivity index (χ2n) is 13.2. The van der Waals surface area contributed by atoms with E-state index >= 15 is 0 Å². The molecule has 0 unspecified atom stereocenters. The minimum atomic E-state index is 0.642. The Bertz CT molecular complexity index is 2930. The van der Waals surface area contributed by atoms with Gasteiger partial charge in [-0.1, -0.05) is 164 Å². The predicted octanol–water partition coefficient (Wildman–Crippen LogP) is 13.4. The summed E-state index contributed by atoms with van der Waals surface area (Å²) in [4.78, 5) is 15.5. The number of hydrogen-bond acceptors (Lipinski definition) is 4. The molecule has 2 aromatic heterocycles. The normalized spacial score (nSPS) is 11.4. The van der Waals surface area contributed by atoms with Crippen LogP contribution in [0.2, 0.25) is 0 Å². The van der Waals surface area contributed by atoms with Crippen LogP contribution in [-0.4, -0.2) is 15.0 Å². The van der Waals surface area contributed by atoms with Gasteiger partial charge in [-0.2, -0.15) is 0 Å². The molecule has 0 aliphatic heterocycles. The lowest BCUT2D eigenvalue weighted by Gasteiger charge is -2.12. The lowest BCUT2D eigenvalue weighted by Crippen LogP contribution is -2.00. The zero-order valence-electron chi connectivity index (χ0n) is 28.6. The molecule has 0 amide bonds. The van der Waals surface area contributed by atoms with Gasteiger partial charge < -0.3 is 0 Å². The summed E-state index contributed by atoms with van der Waals surface area (Å²) in [6.45, 7) is 0. The molecule has 4 heteroatoms. The molecular weight excluding hydrogens is 663 g/mol. The molecule has 248 valence electrons. The van der Waals surface area contributed by atoms with Gasteiger partial charge in [0, 0.05) is 36.9 Å². The van der Waals surface area contributed by atoms with E-state index in [-0.39, 0.29) is 0 Å². The first kappa shape index (κ1) is 31.0. The fraction of sp³-hybridized carbons (Fsp3) is 0. The Kier molecular flexibility index (Phi) is 7.67. The van der Waals surface area contributed by atoms with Crippen LogP contribution < -0.4 is 0 Å². The topological polar surface area (TPSA) is 38.7 Å². The van der Waals surface area contributed by atoms with Crippen LogP contribution in [0.5, 0.6) is 0 Å². The van der Waals surface area contributed by atoms with Crippen molar-refractivity contribution in [3.8, 4) is 67.5 Å². The Balaban J connectivity index is 1.10. The highest BCUT2D eigenvalue weighted by atomic mass is 32.1. The number of benzene rings is 8. The predicted molar refractivity (Wildman–Crippen MR) is 223 cm³/mol. The van der Waals surface area contributed by atoms with Crippen LogP contribution in [0.15, 0.2) is 188 Å². The van der Waals surface area contributed by atoms with Crippen molar-refractivity contribution in [2.24, 2.45) is 0 Å². The van der Waals surface area contributed by atoms with E-state index in [1.54, 1.807) is 0 Å². The summed E-state index contributed by atoms with van der Waals surface area (Å²) >= 11 is 1.82. The molecule has 0 spiro atoms. The number of rotatable bonds is 6. The Labute approximate surface area is 311 Å². The second-order valence-corrected chi connectivity index (χ2v) is 14.3. The maximum absolute atomic E-state index is 5.23. The third kappa shape index (κ3) is 5.76. The van der Waals surface area contributed by atoms with Crippen molar-refractivity contribution < 1.29 is 0 Å². The average molecular weight is 694 g/mol. The highest BCUT2D eigenvalue weighted by Gasteiger charge is 2.19. The van der Waals surface area contributed by atoms with Gasteiger partial charge in [-0.05, 0) is 68.4 Å². The largest absolute Gasteiger partial charge is 0.208 e. The van der Waals surface area contributed by atoms with Crippen molar-refractivity contribution in [2.75, 3.05) is 0 Å². The molecular formula is C49H31N3S. The third-order valence-electron chi connectivity index (χ3n) is 9.94. The summed E-state index contributed by atoms with van der Waals surface area (Å²) in [5, 5.41) is 4.87. The molecule has 0 bridgehead atoms. The smallest absolute Gasteiger partial charge is 0.164 e. The summed E-state index contributed by atoms with van der Waals surface area (Å²) in [5.74, 6) is 1.95. The first-order valence-electron chi connectivity index (χ1n) is 17.8. The molecule has 10 aromatic rings. The third-order valence-corrected chi connectivity index (χ3v) is 11.1. The second kappa shape index (κ2) is 13.1. The Morgan fingerprint density at radius 2 is 0.868 bits per heavy atom. The highest BCUT2D eigenvalue weighted by Crippen LogP contribution is 2.44. The maximum atomic E-state index is 5.23. The van der Waals surface area contributed by atoms with Crippen molar-refractivity contribution in [1.82, 2.24) is 15.0 Å². The monoisotopic (exact) mass is 693 g/mol. The molecule has 2 heterocycles. The lowest BCUT2D eigenvalue weighted by molar-refractivity contribution is 1.08. The van der Waals surface area contributed by atoms with E-state index in [4.69, 9.17) is 15.0 Å². The van der Waals surface area contributed by atoms with Gasteiger partial charge in [0.2, 0.25) is 0 Å². The Hall–Kier alpha value is -6.75. The van der Waals surface area contributed by atoms with Crippen LogP contribution in [0.25, 0.3) is 98.5 Å². The van der Waals surface area contributed by atoms with E-state index in [1.807, 2.05) is 29.5 Å². The van der Waals surface area contributed by atoms with Gasteiger partial charge in [-0.15, -0.1) is 11.3 Å². The van der Waals surface area contributed by atoms with Crippen LogP contribution in [0.1, 0.15) is 0 Å². The fourth-order valence-corrected chi connectivity index (χ4v) is 8.53. The van der Waals surface area contributed by atoms with Crippen molar-refractivity contribution in [1.29, 1.82) is 0 Å². The molecule has 0 aliphatic rings. The first-order chi connectivity index (χ1) is 26.2. The van der Waals surface area contributed by atoms with Crippen molar-refractivity contribution >= 4 is 42.3 Å². The molecule has 8 aromatic carbocycles. The van der Waals surface area contributed by atoms with Gasteiger partial charge in [0.25, 0.3) is 0 Å². The van der Waals surface area contributed by atoms with Crippen molar-refractivity contribution in [3.63, 3.8) is 0 Å². The summed E-state index contributed by atoms with van der Waals surface area (Å²) in [7, 11) is 0. The van der Waals surface area contributed by atoms with E-state index in [2.05, 4.69) is 170 Å². The minimum absolute atomic E-state index is 0.642. The van der Waals surface area contributed by atoms with E-state index in [9.17, 15) is 0 Å². The van der Waals surface area contributed by atoms with Gasteiger partial charge in [0.1, 0.15) is 0 Å². The minimum Gasteiger partial charge on any atom is -0.208 e. The van der Waals surface area contributed by atoms with Gasteiger partial charge in [-0.25, -0.2) is 15.0 Å². The molecule has 0 atom stereocenters. The molecule has 0 radical (unpaired) electrons. The molecule has 10 rings (SSSR count). The summed E-state index contributed by atoms with van der Waals surface area (Å²) < 4.78 is 2.47. The molecule has 0 aliphatic carbocycles. The molecule has 0 N–H and O–H groups in total. The fourth-order valence-electron chi connectivity index (χ4n) is 7.26. The van der Waals surface area contributed by atoms with E-state index < -0.39 is 0 Å². The lowest BCUT2D eigenvalue weighted by atomic mass is 9.97. The number of nitrogens with zero attached hydrogens (tertiary/aromatic N) is 3. The zero-order valence-corrected chi connectivity index (χ0v) is 29.5. The number of aromatic nitrogens is 3. The summed E-state index contributed by atoms with van der Waals surface area (Å²) in [6, 6.07) is 66.3. The first-order valence-corrected chi connectivity index (χ1v) is 18.6. The Morgan fingerprint density at radius 1 is 0.321 bits per heavy atom. The quantitative estimate of drug-likeness (QED) is 0.174. The SMILES string of the molecule is c1ccc(-c2nc(-c3cccc(-c4ccc(-c5ccc6ccccc6c5)cc4)c3)nc(-c3ccc(-c4ccccc4)c4sc5ccccc5c34)n2)cc1. The van der Waals surface area contributed by atoms with E-state index in [0.29, 0.717) is 17.5 Å². The van der Waals surface area contributed by atoms with Crippen molar-refractivity contribution in [3.05, 3.63) is 188 Å². The van der Waals surface area contributed by atoms with Crippen LogP contribution in [0, 0.1) is 0 Å². The molecule has 0 saturated carbocycles. The zero-order chi connectivity index (χ0) is 35.1. The van der Waals surface area contributed by atoms with Crippen LogP contribution in [-0.2, 0) is 0 Å². The molecule has 0 saturated heterocycles. The average Bonchev–Trinajstić information content (AvgIpc) is 3.64. The molecule has 0 fully saturated rings. The van der Waals surface area contributed by atoms with Gasteiger partial charge >= 0.3 is 0 Å². The molecule has 53 heavy (non-hydrogen) atoms. The van der Waals surface area contributed by atoms with E-state index in [0.717, 1.165) is 27.8 Å². The van der Waals surface area contributed by atoms with Crippen LogP contribution in [0.3, 0.4) is 0 Å². The standard InChI is InChI=1S/C49H31N3S/c1-3-13-35(14-4-1)41-28-29-43(45-42-20-9-10-21-44(42)53-46(41)45)49-51-47(36-15-5-2-6-16-36)50-48(52-49)40-19-11-18-38(31-40)33-22-24-34(25-23-33)39-27-26-32-12-7-8-17-37(32)30-39/h1-31H. The number of hydrogen-bond donors (Lipinski definition) is 0. The van der Waals surface area contributed by atoms with Gasteiger partial charge in [0.15, 0.2) is 17.5 Å². The van der Waals surface area contributed by atoms with E-state index in [1.165, 1.54) is 53.2 Å². The highest BCUT2D eigenvalue weighted by molar-refractivity contribution is 7.26.